The van der Waals surface area contributed by atoms with Crippen LogP contribution in [0, 0.1) is 13.8 Å². The Kier molecular flexibility index (Phi) is 6.16. The second-order valence-electron chi connectivity index (χ2n) is 6.26. The minimum atomic E-state index is -1.56. The van der Waals surface area contributed by atoms with Gasteiger partial charge in [0.1, 0.15) is 24.4 Å². The smallest absolute Gasteiger partial charge is 0.316 e. The highest BCUT2D eigenvalue weighted by atomic mass is 32.2. The summed E-state index contributed by atoms with van der Waals surface area (Å²) in [4.78, 5) is 19.7. The fourth-order valence-electron chi connectivity index (χ4n) is 2.88. The van der Waals surface area contributed by atoms with Gasteiger partial charge < -0.3 is 9.84 Å². The Hall–Kier alpha value is -3.06. The maximum atomic E-state index is 11.9. The molecule has 0 spiro atoms. The number of carboxylic acid groups (broad SMARTS) is 1. The van der Waals surface area contributed by atoms with Gasteiger partial charge in [0.2, 0.25) is 0 Å². The van der Waals surface area contributed by atoms with Crippen molar-refractivity contribution in [3.8, 4) is 16.9 Å². The fourth-order valence-corrected chi connectivity index (χ4v) is 3.71. The first-order valence-electron chi connectivity index (χ1n) is 8.64. The largest absolute Gasteiger partial charge is 0.489 e. The molecule has 0 fully saturated rings. The number of hydrogen-bond donors (Lipinski definition) is 1. The van der Waals surface area contributed by atoms with E-state index >= 15 is 0 Å². The summed E-state index contributed by atoms with van der Waals surface area (Å²) in [5, 5.41) is 8.72. The molecule has 2 aromatic carbocycles. The molecule has 1 unspecified atom stereocenters. The number of ether oxygens (including phenoxy) is 1. The van der Waals surface area contributed by atoms with E-state index < -0.39 is 22.5 Å². The minimum absolute atomic E-state index is 0.372. The van der Waals surface area contributed by atoms with E-state index in [1.807, 2.05) is 32.0 Å². The van der Waals surface area contributed by atoms with E-state index in [2.05, 4.69) is 16.0 Å². The van der Waals surface area contributed by atoms with E-state index in [0.29, 0.717) is 17.3 Å². The van der Waals surface area contributed by atoms with Crippen molar-refractivity contribution >= 4 is 16.8 Å². The topological polar surface area (TPSA) is 89.4 Å². The van der Waals surface area contributed by atoms with Crippen molar-refractivity contribution in [2.24, 2.45) is 0 Å². The van der Waals surface area contributed by atoms with Gasteiger partial charge >= 0.3 is 5.97 Å². The molecule has 0 aliphatic carbocycles. The second kappa shape index (κ2) is 8.75. The predicted octanol–water partition coefficient (Wildman–Crippen LogP) is 3.53. The summed E-state index contributed by atoms with van der Waals surface area (Å²) in [6, 6.07) is 14.7. The highest BCUT2D eigenvalue weighted by Gasteiger charge is 2.10. The maximum absolute atomic E-state index is 11.9. The van der Waals surface area contributed by atoms with Crippen LogP contribution in [0.25, 0.3) is 11.1 Å². The predicted molar refractivity (Wildman–Crippen MR) is 107 cm³/mol. The summed E-state index contributed by atoms with van der Waals surface area (Å²) >= 11 is 0. The summed E-state index contributed by atoms with van der Waals surface area (Å²) in [7, 11) is -1.56. The Labute approximate surface area is 165 Å². The van der Waals surface area contributed by atoms with Gasteiger partial charge in [-0.05, 0) is 55.3 Å². The lowest BCUT2D eigenvalue weighted by molar-refractivity contribution is -0.133. The van der Waals surface area contributed by atoms with Crippen LogP contribution in [0.15, 0.2) is 59.8 Å². The number of rotatable bonds is 7. The van der Waals surface area contributed by atoms with Crippen LogP contribution in [-0.4, -0.2) is 31.0 Å². The molecule has 6 nitrogen and oxygen atoms in total. The van der Waals surface area contributed by atoms with Crippen LogP contribution in [0.3, 0.4) is 0 Å². The molecule has 0 saturated heterocycles. The number of hydrogen-bond acceptors (Lipinski definition) is 5. The summed E-state index contributed by atoms with van der Waals surface area (Å²) in [5.74, 6) is -0.876. The van der Waals surface area contributed by atoms with Crippen molar-refractivity contribution < 1.29 is 18.8 Å². The minimum Gasteiger partial charge on any atom is -0.489 e. The van der Waals surface area contributed by atoms with Crippen LogP contribution in [-0.2, 0) is 22.2 Å². The van der Waals surface area contributed by atoms with E-state index in [1.54, 1.807) is 30.6 Å². The molecule has 3 aromatic rings. The number of carboxylic acids is 1. The SMILES string of the molecule is Cc1ncnc(C)c1-c1cccc(COc2ccc(S(=O)CC(=O)O)cc2)c1. The van der Waals surface area contributed by atoms with Crippen molar-refractivity contribution in [1.82, 2.24) is 9.97 Å². The third-order valence-electron chi connectivity index (χ3n) is 4.19. The molecule has 1 heterocycles. The number of nitrogens with zero attached hydrogens (tertiary/aromatic N) is 2. The Morgan fingerprint density at radius 1 is 1.07 bits per heavy atom. The van der Waals surface area contributed by atoms with Crippen LogP contribution in [0.4, 0.5) is 0 Å². The van der Waals surface area contributed by atoms with Gasteiger partial charge in [-0.15, -0.1) is 0 Å². The number of aliphatic carboxylic acids is 1. The van der Waals surface area contributed by atoms with Gasteiger partial charge in [0.15, 0.2) is 0 Å². The first-order valence-corrected chi connectivity index (χ1v) is 9.96. The Bertz CT molecular complexity index is 999. The molecule has 0 saturated carbocycles. The zero-order chi connectivity index (χ0) is 20.1. The second-order valence-corrected chi connectivity index (χ2v) is 7.71. The summed E-state index contributed by atoms with van der Waals surface area (Å²) in [6.07, 6.45) is 1.56. The van der Waals surface area contributed by atoms with Crippen LogP contribution < -0.4 is 4.74 Å². The van der Waals surface area contributed by atoms with Crippen molar-refractivity contribution in [2.75, 3.05) is 5.75 Å². The zero-order valence-corrected chi connectivity index (χ0v) is 16.4. The third kappa shape index (κ3) is 4.80. The first kappa shape index (κ1) is 19.7. The molecule has 0 aliphatic heterocycles. The van der Waals surface area contributed by atoms with Gasteiger partial charge in [-0.3, -0.25) is 9.00 Å². The first-order chi connectivity index (χ1) is 13.4. The Morgan fingerprint density at radius 3 is 2.39 bits per heavy atom. The molecule has 0 bridgehead atoms. The molecule has 0 amide bonds. The number of carbonyl (C=O) groups is 1. The van der Waals surface area contributed by atoms with Crippen LogP contribution in [0.5, 0.6) is 5.75 Å². The van der Waals surface area contributed by atoms with Crippen LogP contribution in [0.1, 0.15) is 17.0 Å². The van der Waals surface area contributed by atoms with E-state index in [4.69, 9.17) is 9.84 Å². The molecule has 0 aliphatic rings. The number of aromatic nitrogens is 2. The molecule has 0 radical (unpaired) electrons. The average Bonchev–Trinajstić information content (AvgIpc) is 2.66. The molecule has 3 rings (SSSR count). The Morgan fingerprint density at radius 2 is 1.75 bits per heavy atom. The molecule has 144 valence electrons. The van der Waals surface area contributed by atoms with Crippen molar-refractivity contribution in [1.29, 1.82) is 0 Å². The molecule has 7 heteroatoms. The van der Waals surface area contributed by atoms with Gasteiger partial charge in [0.25, 0.3) is 0 Å². The van der Waals surface area contributed by atoms with Gasteiger partial charge in [0.05, 0.1) is 10.8 Å². The van der Waals surface area contributed by atoms with Gasteiger partial charge in [-0.1, -0.05) is 18.2 Å². The van der Waals surface area contributed by atoms with E-state index in [-0.39, 0.29) is 0 Å². The van der Waals surface area contributed by atoms with E-state index in [0.717, 1.165) is 28.1 Å². The number of benzene rings is 2. The molecular weight excluding hydrogens is 376 g/mol. The number of aryl methyl sites for hydroxylation is 2. The maximum Gasteiger partial charge on any atom is 0.316 e. The quantitative estimate of drug-likeness (QED) is 0.657. The highest BCUT2D eigenvalue weighted by molar-refractivity contribution is 7.85. The summed E-state index contributed by atoms with van der Waals surface area (Å²) < 4.78 is 17.7. The van der Waals surface area contributed by atoms with Gasteiger partial charge in [-0.25, -0.2) is 9.97 Å². The van der Waals surface area contributed by atoms with Crippen molar-refractivity contribution in [3.05, 3.63) is 71.8 Å². The highest BCUT2D eigenvalue weighted by Crippen LogP contribution is 2.26. The molecule has 1 aromatic heterocycles. The van der Waals surface area contributed by atoms with Crippen LogP contribution >= 0.6 is 0 Å². The molecule has 1 atom stereocenters. The van der Waals surface area contributed by atoms with Crippen molar-refractivity contribution in [3.63, 3.8) is 0 Å². The normalized spacial score (nSPS) is 11.8. The lowest BCUT2D eigenvalue weighted by Gasteiger charge is -2.11. The monoisotopic (exact) mass is 396 g/mol. The average molecular weight is 396 g/mol. The lowest BCUT2D eigenvalue weighted by atomic mass is 10.0. The van der Waals surface area contributed by atoms with Gasteiger partial charge in [-0.2, -0.15) is 0 Å². The zero-order valence-electron chi connectivity index (χ0n) is 15.6. The summed E-state index contributed by atoms with van der Waals surface area (Å²) in [5.41, 5.74) is 4.91. The fraction of sp³-hybridized carbons (Fsp3) is 0.190. The molecule has 1 N–H and O–H groups in total. The molecule has 28 heavy (non-hydrogen) atoms. The standard InChI is InChI=1S/C21H20N2O4S/c1-14-21(15(2)23-13-22-14)17-5-3-4-16(10-17)11-27-18-6-8-19(9-7-18)28(26)12-20(24)25/h3-10,13H,11-12H2,1-2H3,(H,24,25). The Balaban J connectivity index is 1.70. The van der Waals surface area contributed by atoms with E-state index in [1.165, 1.54) is 0 Å². The van der Waals surface area contributed by atoms with Crippen molar-refractivity contribution in [2.45, 2.75) is 25.3 Å². The van der Waals surface area contributed by atoms with E-state index in [9.17, 15) is 9.00 Å². The van der Waals surface area contributed by atoms with Gasteiger partial charge in [0, 0.05) is 21.8 Å². The van der Waals surface area contributed by atoms with Crippen LogP contribution in [0.2, 0.25) is 0 Å². The molecular formula is C21H20N2O4S. The lowest BCUT2D eigenvalue weighted by Crippen LogP contribution is -2.09. The summed E-state index contributed by atoms with van der Waals surface area (Å²) in [6.45, 7) is 4.29. The third-order valence-corrected chi connectivity index (χ3v) is 5.50.